The third-order valence-electron chi connectivity index (χ3n) is 2.86. The van der Waals surface area contributed by atoms with Gasteiger partial charge < -0.3 is 15.4 Å². The minimum Gasteiger partial charge on any atom is -0.387 e. The Balaban J connectivity index is 2.36. The first-order valence-electron chi connectivity index (χ1n) is 7.08. The van der Waals surface area contributed by atoms with E-state index in [4.69, 9.17) is 4.74 Å². The molecule has 5 nitrogen and oxygen atoms in total. The maximum atomic E-state index is 12.1. The third-order valence-corrected chi connectivity index (χ3v) is 2.86. The van der Waals surface area contributed by atoms with Crippen LogP contribution in [0.1, 0.15) is 42.7 Å². The highest BCUT2D eigenvalue weighted by molar-refractivity contribution is 5.99. The Labute approximate surface area is 121 Å². The van der Waals surface area contributed by atoms with E-state index in [9.17, 15) is 4.79 Å². The van der Waals surface area contributed by atoms with E-state index < -0.39 is 0 Å². The van der Waals surface area contributed by atoms with Crippen molar-refractivity contribution in [2.45, 2.75) is 39.7 Å². The summed E-state index contributed by atoms with van der Waals surface area (Å²) in [5.74, 6) is -0.0911. The van der Waals surface area contributed by atoms with E-state index in [2.05, 4.69) is 15.6 Å². The van der Waals surface area contributed by atoms with Crippen LogP contribution in [0.5, 0.6) is 0 Å². The number of rotatable bonds is 8. The fourth-order valence-electron chi connectivity index (χ4n) is 1.79. The summed E-state index contributed by atoms with van der Waals surface area (Å²) >= 11 is 0. The molecule has 0 spiro atoms. The van der Waals surface area contributed by atoms with Gasteiger partial charge in [-0.1, -0.05) is 0 Å². The van der Waals surface area contributed by atoms with Gasteiger partial charge in [0.1, 0.15) is 0 Å². The monoisotopic (exact) mass is 279 g/mol. The number of aryl methyl sites for hydroxylation is 1. The van der Waals surface area contributed by atoms with Crippen LogP contribution in [0.2, 0.25) is 0 Å². The second-order valence-corrected chi connectivity index (χ2v) is 5.00. The summed E-state index contributed by atoms with van der Waals surface area (Å²) in [5.41, 5.74) is 2.27. The van der Waals surface area contributed by atoms with E-state index in [1.54, 1.807) is 13.2 Å². The average molecular weight is 279 g/mol. The van der Waals surface area contributed by atoms with Gasteiger partial charge in [-0.3, -0.25) is 9.78 Å². The highest BCUT2D eigenvalue weighted by Gasteiger charge is 2.10. The molecule has 0 saturated heterocycles. The Bertz CT molecular complexity index is 433. The number of unbranched alkanes of at least 4 members (excludes halogenated alkanes) is 1. The van der Waals surface area contributed by atoms with E-state index in [-0.39, 0.29) is 12.0 Å². The second kappa shape index (κ2) is 8.53. The number of nitrogens with zero attached hydrogens (tertiary/aromatic N) is 1. The highest BCUT2D eigenvalue weighted by atomic mass is 16.5. The molecule has 5 heteroatoms. The Kier molecular flexibility index (Phi) is 7.01. The van der Waals surface area contributed by atoms with Crippen LogP contribution < -0.4 is 10.6 Å². The van der Waals surface area contributed by atoms with E-state index >= 15 is 0 Å². The van der Waals surface area contributed by atoms with Gasteiger partial charge in [-0.15, -0.1) is 0 Å². The van der Waals surface area contributed by atoms with Gasteiger partial charge in [0, 0.05) is 32.1 Å². The van der Waals surface area contributed by atoms with Crippen LogP contribution >= 0.6 is 0 Å². The van der Waals surface area contributed by atoms with Crippen molar-refractivity contribution in [2.75, 3.05) is 25.5 Å². The molecule has 0 radical (unpaired) electrons. The quantitative estimate of drug-likeness (QED) is 0.717. The zero-order chi connectivity index (χ0) is 15.0. The molecule has 0 fully saturated rings. The molecule has 1 aromatic heterocycles. The fraction of sp³-hybridized carbons (Fsp3) is 0.600. The Morgan fingerprint density at radius 2 is 2.15 bits per heavy atom. The third kappa shape index (κ3) is 5.57. The largest absolute Gasteiger partial charge is 0.387 e. The van der Waals surface area contributed by atoms with Gasteiger partial charge in [-0.2, -0.15) is 0 Å². The van der Waals surface area contributed by atoms with Gasteiger partial charge in [-0.25, -0.2) is 0 Å². The first-order chi connectivity index (χ1) is 9.54. The van der Waals surface area contributed by atoms with Crippen LogP contribution in [-0.2, 0) is 4.74 Å². The summed E-state index contributed by atoms with van der Waals surface area (Å²) in [7, 11) is 1.80. The number of anilines is 1. The lowest BCUT2D eigenvalue weighted by Crippen LogP contribution is -2.25. The van der Waals surface area contributed by atoms with Gasteiger partial charge in [0.2, 0.25) is 0 Å². The molecular formula is C15H25N3O2. The predicted octanol–water partition coefficient (Wildman–Crippen LogP) is 2.37. The van der Waals surface area contributed by atoms with E-state index in [1.165, 1.54) is 0 Å². The fourth-order valence-corrected chi connectivity index (χ4v) is 1.79. The molecule has 0 aliphatic rings. The van der Waals surface area contributed by atoms with Crippen molar-refractivity contribution in [2.24, 2.45) is 0 Å². The molecule has 1 aromatic rings. The number of aromatic nitrogens is 1. The number of carbonyl (C=O) groups excluding carboxylic acids is 1. The van der Waals surface area contributed by atoms with Gasteiger partial charge in [0.15, 0.2) is 0 Å². The molecule has 1 heterocycles. The summed E-state index contributed by atoms with van der Waals surface area (Å²) in [5, 5.41) is 5.93. The summed E-state index contributed by atoms with van der Waals surface area (Å²) < 4.78 is 5.45. The number of nitrogens with one attached hydrogen (secondary N) is 2. The van der Waals surface area contributed by atoms with Crippen molar-refractivity contribution in [3.05, 3.63) is 23.5 Å². The molecule has 0 atom stereocenters. The Hall–Kier alpha value is -1.62. The first kappa shape index (κ1) is 16.4. The van der Waals surface area contributed by atoms with Crippen LogP contribution in [0, 0.1) is 6.92 Å². The highest BCUT2D eigenvalue weighted by Crippen LogP contribution is 2.14. The van der Waals surface area contributed by atoms with Crippen LogP contribution in [0.3, 0.4) is 0 Å². The molecule has 0 saturated carbocycles. The molecule has 0 unspecified atom stereocenters. The minimum absolute atomic E-state index is 0.0911. The van der Waals surface area contributed by atoms with Crippen molar-refractivity contribution in [1.29, 1.82) is 0 Å². The standard InChI is InChI=1S/C15H25N3O2/c1-11(2)20-8-6-5-7-17-15(19)13-10-18-12(3)9-14(13)16-4/h9-11H,5-8H2,1-4H3,(H,16,18)(H,17,19). The molecule has 1 rings (SSSR count). The second-order valence-electron chi connectivity index (χ2n) is 5.00. The Morgan fingerprint density at radius 1 is 1.40 bits per heavy atom. The van der Waals surface area contributed by atoms with Crippen molar-refractivity contribution < 1.29 is 9.53 Å². The number of amides is 1. The Morgan fingerprint density at radius 3 is 2.80 bits per heavy atom. The van der Waals surface area contributed by atoms with Crippen LogP contribution in [0.4, 0.5) is 5.69 Å². The normalized spacial score (nSPS) is 10.7. The van der Waals surface area contributed by atoms with E-state index in [1.807, 2.05) is 26.8 Å². The van der Waals surface area contributed by atoms with Gasteiger partial charge in [0.25, 0.3) is 5.91 Å². The average Bonchev–Trinajstić information content (AvgIpc) is 2.41. The number of hydrogen-bond acceptors (Lipinski definition) is 4. The molecule has 2 N–H and O–H groups in total. The summed E-state index contributed by atoms with van der Waals surface area (Å²) in [6.45, 7) is 7.33. The molecule has 0 bridgehead atoms. The topological polar surface area (TPSA) is 63.2 Å². The summed E-state index contributed by atoms with van der Waals surface area (Å²) in [6.07, 6.45) is 3.73. The van der Waals surface area contributed by atoms with Crippen LogP contribution in [0.25, 0.3) is 0 Å². The van der Waals surface area contributed by atoms with Crippen molar-refractivity contribution >= 4 is 11.6 Å². The zero-order valence-corrected chi connectivity index (χ0v) is 12.8. The molecule has 0 aliphatic carbocycles. The lowest BCUT2D eigenvalue weighted by molar-refractivity contribution is 0.0754. The SMILES string of the molecule is CNc1cc(C)ncc1C(=O)NCCCCOC(C)C. The molecule has 112 valence electrons. The number of hydrogen-bond donors (Lipinski definition) is 2. The first-order valence-corrected chi connectivity index (χ1v) is 7.08. The van der Waals surface area contributed by atoms with E-state index in [0.29, 0.717) is 12.1 Å². The number of pyridine rings is 1. The summed E-state index contributed by atoms with van der Waals surface area (Å²) in [6, 6.07) is 1.87. The number of carbonyl (C=O) groups is 1. The lowest BCUT2D eigenvalue weighted by atomic mass is 10.2. The van der Waals surface area contributed by atoms with Crippen LogP contribution in [0.15, 0.2) is 12.3 Å². The lowest BCUT2D eigenvalue weighted by Gasteiger charge is -2.10. The smallest absolute Gasteiger partial charge is 0.254 e. The van der Waals surface area contributed by atoms with Crippen molar-refractivity contribution in [3.63, 3.8) is 0 Å². The van der Waals surface area contributed by atoms with Crippen LogP contribution in [-0.4, -0.2) is 37.2 Å². The van der Waals surface area contributed by atoms with E-state index in [0.717, 1.165) is 30.8 Å². The minimum atomic E-state index is -0.0911. The van der Waals surface area contributed by atoms with Crippen molar-refractivity contribution in [1.82, 2.24) is 10.3 Å². The zero-order valence-electron chi connectivity index (χ0n) is 12.8. The maximum Gasteiger partial charge on any atom is 0.254 e. The van der Waals surface area contributed by atoms with Gasteiger partial charge in [-0.05, 0) is 39.7 Å². The van der Waals surface area contributed by atoms with Crippen molar-refractivity contribution in [3.8, 4) is 0 Å². The molecular weight excluding hydrogens is 254 g/mol. The number of ether oxygens (including phenoxy) is 1. The molecule has 0 aliphatic heterocycles. The molecule has 1 amide bonds. The van der Waals surface area contributed by atoms with Gasteiger partial charge in [0.05, 0.1) is 17.4 Å². The van der Waals surface area contributed by atoms with Gasteiger partial charge >= 0.3 is 0 Å². The maximum absolute atomic E-state index is 12.1. The summed E-state index contributed by atoms with van der Waals surface area (Å²) in [4.78, 5) is 16.2. The predicted molar refractivity (Wildman–Crippen MR) is 81.2 cm³/mol. The molecule has 0 aromatic carbocycles. The molecule has 20 heavy (non-hydrogen) atoms.